The van der Waals surface area contributed by atoms with Gasteiger partial charge >= 0.3 is 0 Å². The van der Waals surface area contributed by atoms with Gasteiger partial charge in [-0.3, -0.25) is 10.1 Å². The molecule has 0 aliphatic heterocycles. The van der Waals surface area contributed by atoms with E-state index in [0.29, 0.717) is 0 Å². The van der Waals surface area contributed by atoms with Crippen molar-refractivity contribution in [1.29, 1.82) is 0 Å². The van der Waals surface area contributed by atoms with Crippen LogP contribution in [0.25, 0.3) is 0 Å². The molecule has 1 unspecified atom stereocenters. The lowest BCUT2D eigenvalue weighted by Crippen LogP contribution is -2.31. The summed E-state index contributed by atoms with van der Waals surface area (Å²) in [6, 6.07) is 7.65. The fourth-order valence-corrected chi connectivity index (χ4v) is 2.83. The van der Waals surface area contributed by atoms with Crippen LogP contribution in [0.4, 0.5) is 5.69 Å². The van der Waals surface area contributed by atoms with Crippen LogP contribution in [0.1, 0.15) is 24.4 Å². The van der Waals surface area contributed by atoms with Crippen LogP contribution in [0, 0.1) is 0 Å². The van der Waals surface area contributed by atoms with Gasteiger partial charge in [-0.05, 0) is 30.7 Å². The first kappa shape index (κ1) is 15.2. The molecule has 2 rings (SSSR count). The van der Waals surface area contributed by atoms with Crippen molar-refractivity contribution >= 4 is 38.9 Å². The number of halogens is 1. The third-order valence-electron chi connectivity index (χ3n) is 2.79. The molecule has 1 heterocycles. The molecule has 2 N–H and O–H groups in total. The molecule has 0 saturated heterocycles. The topological polar surface area (TPSA) is 54.0 Å². The van der Waals surface area contributed by atoms with E-state index in [-0.39, 0.29) is 18.5 Å². The summed E-state index contributed by atoms with van der Waals surface area (Å²) in [5, 5.41) is 9.05. The molecule has 0 aliphatic rings. The molecule has 0 radical (unpaired) electrons. The van der Waals surface area contributed by atoms with Gasteiger partial charge in [0.05, 0.1) is 12.6 Å². The van der Waals surface area contributed by atoms with Crippen LogP contribution in [0.3, 0.4) is 0 Å². The summed E-state index contributed by atoms with van der Waals surface area (Å²) >= 11 is 4.96. The van der Waals surface area contributed by atoms with Gasteiger partial charge in [-0.1, -0.05) is 22.9 Å². The predicted molar refractivity (Wildman–Crippen MR) is 85.9 cm³/mol. The first-order valence-corrected chi connectivity index (χ1v) is 8.04. The van der Waals surface area contributed by atoms with Gasteiger partial charge < -0.3 is 5.32 Å². The SMILES string of the molecule is CCC(NCC(=O)Nc1ccc(Br)cc1)c1nccs1. The lowest BCUT2D eigenvalue weighted by atomic mass is 10.2. The van der Waals surface area contributed by atoms with E-state index in [4.69, 9.17) is 0 Å². The zero-order chi connectivity index (χ0) is 14.4. The summed E-state index contributed by atoms with van der Waals surface area (Å²) < 4.78 is 0.989. The monoisotopic (exact) mass is 353 g/mol. The van der Waals surface area contributed by atoms with Crippen molar-refractivity contribution in [3.05, 3.63) is 45.3 Å². The highest BCUT2D eigenvalue weighted by Crippen LogP contribution is 2.18. The Bertz CT molecular complexity index is 542. The number of anilines is 1. The maximum Gasteiger partial charge on any atom is 0.238 e. The molecular weight excluding hydrogens is 338 g/mol. The van der Waals surface area contributed by atoms with Gasteiger partial charge in [0.25, 0.3) is 0 Å². The minimum atomic E-state index is -0.0534. The van der Waals surface area contributed by atoms with E-state index in [1.807, 2.05) is 29.6 Å². The lowest BCUT2D eigenvalue weighted by molar-refractivity contribution is -0.115. The van der Waals surface area contributed by atoms with Crippen LogP contribution >= 0.6 is 27.3 Å². The lowest BCUT2D eigenvalue weighted by Gasteiger charge is -2.14. The summed E-state index contributed by atoms with van der Waals surface area (Å²) in [6.07, 6.45) is 2.69. The summed E-state index contributed by atoms with van der Waals surface area (Å²) in [6.45, 7) is 2.35. The van der Waals surface area contributed by atoms with Crippen molar-refractivity contribution in [3.8, 4) is 0 Å². The summed E-state index contributed by atoms with van der Waals surface area (Å²) in [4.78, 5) is 16.2. The number of nitrogens with one attached hydrogen (secondary N) is 2. The summed E-state index contributed by atoms with van der Waals surface area (Å²) in [5.74, 6) is -0.0534. The summed E-state index contributed by atoms with van der Waals surface area (Å²) in [5.41, 5.74) is 0.794. The minimum absolute atomic E-state index is 0.0534. The van der Waals surface area contributed by atoms with Gasteiger partial charge in [-0.25, -0.2) is 4.98 Å². The van der Waals surface area contributed by atoms with Crippen LogP contribution in [0.2, 0.25) is 0 Å². The number of carbonyl (C=O) groups is 1. The number of hydrogen-bond acceptors (Lipinski definition) is 4. The molecule has 0 bridgehead atoms. The van der Waals surface area contributed by atoms with Crippen LogP contribution in [-0.4, -0.2) is 17.4 Å². The zero-order valence-electron chi connectivity index (χ0n) is 11.1. The second-order valence-corrected chi connectivity index (χ2v) is 6.11. The van der Waals surface area contributed by atoms with Crippen LogP contribution < -0.4 is 10.6 Å². The average Bonchev–Trinajstić information content (AvgIpc) is 2.96. The summed E-state index contributed by atoms with van der Waals surface area (Å²) in [7, 11) is 0. The van der Waals surface area contributed by atoms with E-state index < -0.39 is 0 Å². The van der Waals surface area contributed by atoms with Gasteiger partial charge in [-0.2, -0.15) is 0 Å². The molecule has 1 aromatic heterocycles. The highest BCUT2D eigenvalue weighted by atomic mass is 79.9. The largest absolute Gasteiger partial charge is 0.325 e. The van der Waals surface area contributed by atoms with E-state index >= 15 is 0 Å². The highest BCUT2D eigenvalue weighted by Gasteiger charge is 2.12. The quantitative estimate of drug-likeness (QED) is 0.834. The van der Waals surface area contributed by atoms with Crippen LogP contribution in [-0.2, 0) is 4.79 Å². The normalized spacial score (nSPS) is 12.1. The number of benzene rings is 1. The van der Waals surface area contributed by atoms with Crippen molar-refractivity contribution < 1.29 is 4.79 Å². The van der Waals surface area contributed by atoms with Gasteiger partial charge in [-0.15, -0.1) is 11.3 Å². The van der Waals surface area contributed by atoms with Crippen LogP contribution in [0.5, 0.6) is 0 Å². The fourth-order valence-electron chi connectivity index (χ4n) is 1.77. The minimum Gasteiger partial charge on any atom is -0.325 e. The number of rotatable bonds is 6. The third kappa shape index (κ3) is 4.40. The molecule has 1 aromatic carbocycles. The van der Waals surface area contributed by atoms with Gasteiger partial charge in [0.15, 0.2) is 0 Å². The third-order valence-corrected chi connectivity index (χ3v) is 4.21. The Morgan fingerprint density at radius 2 is 2.15 bits per heavy atom. The van der Waals surface area contributed by atoms with Crippen molar-refractivity contribution in [2.24, 2.45) is 0 Å². The van der Waals surface area contributed by atoms with Gasteiger partial charge in [0.2, 0.25) is 5.91 Å². The molecule has 1 amide bonds. The molecule has 6 heteroatoms. The Kier molecular flexibility index (Phi) is 5.70. The number of carbonyl (C=O) groups excluding carboxylic acids is 1. The number of hydrogen-bond donors (Lipinski definition) is 2. The number of thiazole rings is 1. The van der Waals surface area contributed by atoms with Gasteiger partial charge in [0.1, 0.15) is 5.01 Å². The van der Waals surface area contributed by atoms with Crippen molar-refractivity contribution in [2.75, 3.05) is 11.9 Å². The molecule has 0 spiro atoms. The molecule has 0 aliphatic carbocycles. The Hall–Kier alpha value is -1.24. The van der Waals surface area contributed by atoms with Crippen molar-refractivity contribution in [1.82, 2.24) is 10.3 Å². The van der Waals surface area contributed by atoms with E-state index in [2.05, 4.69) is 38.5 Å². The fraction of sp³-hybridized carbons (Fsp3) is 0.286. The standard InChI is InChI=1S/C14H16BrN3OS/c1-2-12(14-16-7-8-20-14)17-9-13(19)18-11-5-3-10(15)4-6-11/h3-8,12,17H,2,9H2,1H3,(H,18,19). The molecule has 4 nitrogen and oxygen atoms in total. The Labute approximate surface area is 130 Å². The molecule has 2 aromatic rings. The predicted octanol–water partition coefficient (Wildman–Crippen LogP) is 3.59. The van der Waals surface area contributed by atoms with E-state index in [0.717, 1.165) is 21.6 Å². The molecule has 0 fully saturated rings. The maximum atomic E-state index is 11.9. The number of nitrogens with zero attached hydrogens (tertiary/aromatic N) is 1. The van der Waals surface area contributed by atoms with E-state index in [1.54, 1.807) is 17.5 Å². The first-order chi connectivity index (χ1) is 9.69. The van der Waals surface area contributed by atoms with Crippen molar-refractivity contribution in [2.45, 2.75) is 19.4 Å². The number of amides is 1. The highest BCUT2D eigenvalue weighted by molar-refractivity contribution is 9.10. The average molecular weight is 354 g/mol. The Morgan fingerprint density at radius 1 is 1.40 bits per heavy atom. The Balaban J connectivity index is 1.84. The zero-order valence-corrected chi connectivity index (χ0v) is 13.5. The van der Waals surface area contributed by atoms with E-state index in [1.165, 1.54) is 0 Å². The number of aromatic nitrogens is 1. The van der Waals surface area contributed by atoms with E-state index in [9.17, 15) is 4.79 Å². The van der Waals surface area contributed by atoms with Gasteiger partial charge in [0, 0.05) is 21.7 Å². The second kappa shape index (κ2) is 7.52. The molecule has 106 valence electrons. The van der Waals surface area contributed by atoms with Crippen molar-refractivity contribution in [3.63, 3.8) is 0 Å². The van der Waals surface area contributed by atoms with Crippen LogP contribution in [0.15, 0.2) is 40.3 Å². The maximum absolute atomic E-state index is 11.9. The second-order valence-electron chi connectivity index (χ2n) is 4.27. The Morgan fingerprint density at radius 3 is 2.75 bits per heavy atom. The first-order valence-electron chi connectivity index (χ1n) is 6.37. The molecular formula is C14H16BrN3OS. The smallest absolute Gasteiger partial charge is 0.238 e. The molecule has 20 heavy (non-hydrogen) atoms. The molecule has 1 atom stereocenters. The molecule has 0 saturated carbocycles.